The molecule has 7 rings (SSSR count). The zero-order chi connectivity index (χ0) is 40.1. The van der Waals surface area contributed by atoms with E-state index >= 15 is 0 Å². The van der Waals surface area contributed by atoms with E-state index in [1.807, 2.05) is 24.3 Å². The van der Waals surface area contributed by atoms with E-state index in [1.165, 1.54) is 5.57 Å². The summed E-state index contributed by atoms with van der Waals surface area (Å²) in [7, 11) is 0. The van der Waals surface area contributed by atoms with Gasteiger partial charge in [-0.25, -0.2) is 0 Å². The van der Waals surface area contributed by atoms with Gasteiger partial charge in [-0.2, -0.15) is 0 Å². The molecule has 0 aromatic heterocycles. The average molecular weight is 774 g/mol. The minimum Gasteiger partial charge on any atom is -0.481 e. The van der Waals surface area contributed by atoms with Gasteiger partial charge in [-0.1, -0.05) is 78.3 Å². The van der Waals surface area contributed by atoms with Gasteiger partial charge in [0.25, 0.3) is 0 Å². The number of hydrogen-bond acceptors (Lipinski definition) is 5. The predicted octanol–water partition coefficient (Wildman–Crippen LogP) is 10.4. The van der Waals surface area contributed by atoms with Crippen molar-refractivity contribution in [3.8, 4) is 0 Å². The van der Waals surface area contributed by atoms with Gasteiger partial charge in [0.1, 0.15) is 6.10 Å². The van der Waals surface area contributed by atoms with Crippen LogP contribution in [0.1, 0.15) is 145 Å². The van der Waals surface area contributed by atoms with Gasteiger partial charge in [-0.3, -0.25) is 19.2 Å². The molecule has 1 aromatic rings. The number of rotatable bonds is 9. The van der Waals surface area contributed by atoms with Gasteiger partial charge in [-0.15, -0.1) is 0 Å². The molecule has 6 aliphatic carbocycles. The van der Waals surface area contributed by atoms with Crippen LogP contribution in [0.5, 0.6) is 0 Å². The maximum absolute atomic E-state index is 14.1. The second-order valence-electron chi connectivity index (χ2n) is 21.0. The van der Waals surface area contributed by atoms with E-state index in [1.54, 1.807) is 19.9 Å². The number of ketones is 1. The molecule has 6 aliphatic rings. The highest BCUT2D eigenvalue weighted by molar-refractivity contribution is 6.30. The Morgan fingerprint density at radius 1 is 0.909 bits per heavy atom. The van der Waals surface area contributed by atoms with E-state index in [2.05, 4.69) is 59.9 Å². The molecular formula is C47H64ClNO6. The number of amides is 1. The summed E-state index contributed by atoms with van der Waals surface area (Å²) in [6.07, 6.45) is 13.6. The van der Waals surface area contributed by atoms with Crippen LogP contribution in [0.2, 0.25) is 5.02 Å². The summed E-state index contributed by atoms with van der Waals surface area (Å²) in [6.45, 7) is 19.6. The first-order chi connectivity index (χ1) is 25.6. The zero-order valence-electron chi connectivity index (χ0n) is 34.7. The van der Waals surface area contributed by atoms with Crippen LogP contribution in [0.3, 0.4) is 0 Å². The van der Waals surface area contributed by atoms with Crippen molar-refractivity contribution < 1.29 is 29.0 Å². The first kappa shape index (κ1) is 40.3. The van der Waals surface area contributed by atoms with Crippen LogP contribution in [0, 0.1) is 56.2 Å². The van der Waals surface area contributed by atoms with Crippen LogP contribution in [-0.4, -0.2) is 34.8 Å². The lowest BCUT2D eigenvalue weighted by Crippen LogP contribution is -2.65. The van der Waals surface area contributed by atoms with Crippen LogP contribution in [0.4, 0.5) is 0 Å². The van der Waals surface area contributed by atoms with E-state index in [0.717, 1.165) is 75.3 Å². The van der Waals surface area contributed by atoms with Crippen molar-refractivity contribution in [1.82, 2.24) is 5.32 Å². The molecule has 1 amide bonds. The Balaban J connectivity index is 1.14. The van der Waals surface area contributed by atoms with Crippen molar-refractivity contribution in [1.29, 1.82) is 0 Å². The summed E-state index contributed by atoms with van der Waals surface area (Å²) in [6, 6.07) is 7.76. The average Bonchev–Trinajstić information content (AvgIpc) is 3.80. The number of Topliss-reactive ketones (excluding diaryl/α,β-unsaturated/α-hetero) is 1. The Morgan fingerprint density at radius 3 is 2.20 bits per heavy atom. The number of benzene rings is 1. The van der Waals surface area contributed by atoms with Crippen molar-refractivity contribution in [2.24, 2.45) is 56.2 Å². The van der Waals surface area contributed by atoms with E-state index in [0.29, 0.717) is 23.3 Å². The Kier molecular flexibility index (Phi) is 9.75. The number of carboxylic acids is 1. The van der Waals surface area contributed by atoms with Gasteiger partial charge in [0, 0.05) is 22.3 Å². The smallest absolute Gasteiger partial charge is 0.309 e. The largest absolute Gasteiger partial charge is 0.481 e. The Hall–Kier alpha value is -2.93. The van der Waals surface area contributed by atoms with Gasteiger partial charge in [0.15, 0.2) is 5.78 Å². The zero-order valence-corrected chi connectivity index (χ0v) is 35.5. The van der Waals surface area contributed by atoms with Crippen molar-refractivity contribution in [2.45, 2.75) is 151 Å². The summed E-state index contributed by atoms with van der Waals surface area (Å²) in [5, 5.41) is 13.6. The third kappa shape index (κ3) is 6.27. The molecule has 5 fully saturated rings. The standard InChI is InChI=1S/C47H64ClNO6/c1-28(2)38-32(50)26-46(21-18-36(51)49-47(24-25-47)29-10-12-30(48)13-11-29)23-22-44(8)31(39(38)46)14-15-34-43(7)19-17-35(55-37(52)27-41(3,4)40(53)54)42(5,6)33(43)16-20-45(34,44)9/h10-13,18,21,28,31,33-35H,14-17,19-20,22-27H2,1-9H3,(H,49,51)(H,53,54). The summed E-state index contributed by atoms with van der Waals surface area (Å²) in [4.78, 5) is 52.6. The van der Waals surface area contributed by atoms with Gasteiger partial charge < -0.3 is 15.2 Å². The second kappa shape index (κ2) is 13.3. The topological polar surface area (TPSA) is 110 Å². The van der Waals surface area contributed by atoms with Gasteiger partial charge in [-0.05, 0) is 153 Å². The molecule has 300 valence electrons. The minimum absolute atomic E-state index is 0.00782. The number of nitrogens with one attached hydrogen (secondary N) is 1. The second-order valence-corrected chi connectivity index (χ2v) is 21.4. The van der Waals surface area contributed by atoms with Crippen LogP contribution >= 0.6 is 11.6 Å². The van der Waals surface area contributed by atoms with Gasteiger partial charge in [0.05, 0.1) is 17.4 Å². The molecule has 5 saturated carbocycles. The highest BCUT2D eigenvalue weighted by atomic mass is 35.5. The molecule has 0 heterocycles. The molecule has 0 bridgehead atoms. The number of halogens is 1. The number of fused-ring (bicyclic) bond motifs is 7. The van der Waals surface area contributed by atoms with Crippen LogP contribution in [0.15, 0.2) is 47.6 Å². The fourth-order valence-corrected chi connectivity index (χ4v) is 13.7. The Labute approximate surface area is 333 Å². The number of carbonyl (C=O) groups excluding carboxylic acids is 3. The van der Waals surface area contributed by atoms with Crippen molar-refractivity contribution in [3.05, 3.63) is 58.1 Å². The molecule has 8 unspecified atom stereocenters. The quantitative estimate of drug-likeness (QED) is 0.191. The van der Waals surface area contributed by atoms with Gasteiger partial charge >= 0.3 is 11.9 Å². The molecule has 2 N–H and O–H groups in total. The molecule has 8 atom stereocenters. The van der Waals surface area contributed by atoms with E-state index in [-0.39, 0.29) is 63.2 Å². The normalized spacial score (nSPS) is 37.5. The third-order valence-corrected chi connectivity index (χ3v) is 17.2. The number of allylic oxidation sites excluding steroid dienone is 3. The lowest BCUT2D eigenvalue weighted by molar-refractivity contribution is -0.232. The fourth-order valence-electron chi connectivity index (χ4n) is 13.6. The molecule has 0 saturated heterocycles. The molecule has 8 heteroatoms. The fraction of sp³-hybridized carbons (Fsp3) is 0.702. The number of ether oxygens (including phenoxy) is 1. The van der Waals surface area contributed by atoms with Crippen molar-refractivity contribution >= 4 is 35.2 Å². The number of hydrogen-bond donors (Lipinski definition) is 2. The summed E-state index contributed by atoms with van der Waals surface area (Å²) >= 11 is 6.16. The first-order valence-electron chi connectivity index (χ1n) is 21.0. The lowest BCUT2D eigenvalue weighted by Gasteiger charge is -2.72. The maximum atomic E-state index is 14.1. The van der Waals surface area contributed by atoms with Crippen LogP contribution in [0.25, 0.3) is 0 Å². The number of carboxylic acid groups (broad SMARTS) is 1. The summed E-state index contributed by atoms with van der Waals surface area (Å²) in [5.74, 6) is -0.0278. The highest BCUT2D eigenvalue weighted by Crippen LogP contribution is 2.77. The van der Waals surface area contributed by atoms with Crippen LogP contribution < -0.4 is 5.32 Å². The summed E-state index contributed by atoms with van der Waals surface area (Å²) < 4.78 is 6.17. The summed E-state index contributed by atoms with van der Waals surface area (Å²) in [5.41, 5.74) is 1.32. The Morgan fingerprint density at radius 2 is 1.58 bits per heavy atom. The SMILES string of the molecule is CC(C)C1=C2C3CCC4C5(C)CCC(OC(=O)CC(C)(C)C(=O)O)C(C)(C)C5CCC4(C)C3(C)CCC2(C=CC(=O)NC2(c3ccc(Cl)cc3)CC2)CC1=O. The molecule has 0 radical (unpaired) electrons. The Bertz CT molecular complexity index is 1840. The van der Waals surface area contributed by atoms with Gasteiger partial charge in [0.2, 0.25) is 5.91 Å². The van der Waals surface area contributed by atoms with E-state index in [9.17, 15) is 24.3 Å². The van der Waals surface area contributed by atoms with Crippen molar-refractivity contribution in [2.75, 3.05) is 0 Å². The highest BCUT2D eigenvalue weighted by Gasteiger charge is 2.70. The molecule has 0 aliphatic heterocycles. The van der Waals surface area contributed by atoms with Crippen molar-refractivity contribution in [3.63, 3.8) is 0 Å². The van der Waals surface area contributed by atoms with E-state index < -0.39 is 22.8 Å². The number of aliphatic carboxylic acids is 1. The number of carbonyl (C=O) groups is 4. The number of esters is 1. The molecule has 55 heavy (non-hydrogen) atoms. The molecule has 7 nitrogen and oxygen atoms in total. The van der Waals surface area contributed by atoms with Crippen LogP contribution in [-0.2, 0) is 29.5 Å². The molecule has 1 aromatic carbocycles. The first-order valence-corrected chi connectivity index (χ1v) is 21.4. The van der Waals surface area contributed by atoms with E-state index in [4.69, 9.17) is 16.3 Å². The monoisotopic (exact) mass is 773 g/mol. The third-order valence-electron chi connectivity index (χ3n) is 16.9. The predicted molar refractivity (Wildman–Crippen MR) is 215 cm³/mol. The molecular weight excluding hydrogens is 710 g/mol. The maximum Gasteiger partial charge on any atom is 0.309 e. The molecule has 0 spiro atoms. The lowest BCUT2D eigenvalue weighted by atomic mass is 9.33. The minimum atomic E-state index is -1.17.